The van der Waals surface area contributed by atoms with Crippen LogP contribution in [0.2, 0.25) is 0 Å². The molecule has 132 valence electrons. The number of aliphatic hydroxyl groups is 1. The Bertz CT molecular complexity index is 986. The maximum Gasteiger partial charge on any atom is 0.273 e. The highest BCUT2D eigenvalue weighted by atomic mass is 16.5. The van der Waals surface area contributed by atoms with Crippen molar-refractivity contribution in [1.82, 2.24) is 30.3 Å². The molecule has 1 aromatic carbocycles. The van der Waals surface area contributed by atoms with Crippen molar-refractivity contribution in [3.05, 3.63) is 47.8 Å². The lowest BCUT2D eigenvalue weighted by atomic mass is 10.2. The van der Waals surface area contributed by atoms with Crippen LogP contribution in [0.4, 0.5) is 11.4 Å². The first-order chi connectivity index (χ1) is 12.7. The average molecular weight is 353 g/mol. The number of benzene rings is 1. The molecule has 1 aliphatic heterocycles. The Morgan fingerprint density at radius 1 is 1.35 bits per heavy atom. The van der Waals surface area contributed by atoms with Gasteiger partial charge in [-0.05, 0) is 18.2 Å². The number of hydrogen-bond donors (Lipinski definition) is 3. The number of fused-ring (bicyclic) bond motifs is 3. The van der Waals surface area contributed by atoms with E-state index in [1.54, 1.807) is 10.7 Å². The molecule has 26 heavy (non-hydrogen) atoms. The molecule has 0 atom stereocenters. The van der Waals surface area contributed by atoms with E-state index >= 15 is 0 Å². The summed E-state index contributed by atoms with van der Waals surface area (Å²) >= 11 is 0. The monoisotopic (exact) mass is 353 g/mol. The van der Waals surface area contributed by atoms with Gasteiger partial charge in [-0.1, -0.05) is 6.07 Å². The molecule has 0 saturated heterocycles. The fraction of sp³-hybridized carbons (Fsp3) is 0.188. The number of carbonyl (C=O) groups is 1. The molecule has 3 heterocycles. The maximum absolute atomic E-state index is 12.0. The highest BCUT2D eigenvalue weighted by molar-refractivity contribution is 5.98. The van der Waals surface area contributed by atoms with E-state index in [0.29, 0.717) is 34.5 Å². The number of nitrogens with zero attached hydrogens (tertiary/aromatic N) is 5. The van der Waals surface area contributed by atoms with E-state index in [-0.39, 0.29) is 24.8 Å². The second-order valence-corrected chi connectivity index (χ2v) is 5.45. The average Bonchev–Trinajstić information content (AvgIpc) is 3.12. The Morgan fingerprint density at radius 2 is 2.23 bits per heavy atom. The fourth-order valence-electron chi connectivity index (χ4n) is 2.69. The zero-order valence-corrected chi connectivity index (χ0v) is 13.8. The van der Waals surface area contributed by atoms with Gasteiger partial charge in [-0.3, -0.25) is 4.79 Å². The fourth-order valence-corrected chi connectivity index (χ4v) is 2.69. The Hall–Kier alpha value is -3.53. The minimum absolute atomic E-state index is 0.174. The Kier molecular flexibility index (Phi) is 3.93. The molecule has 0 fully saturated rings. The number of rotatable bonds is 4. The topological polar surface area (TPSA) is 127 Å². The van der Waals surface area contributed by atoms with Crippen LogP contribution in [-0.2, 0) is 13.2 Å². The molecule has 10 nitrogen and oxygen atoms in total. The number of anilines is 2. The first-order valence-electron chi connectivity index (χ1n) is 7.84. The van der Waals surface area contributed by atoms with Crippen molar-refractivity contribution in [1.29, 1.82) is 0 Å². The second-order valence-electron chi connectivity index (χ2n) is 5.45. The molecule has 0 aliphatic carbocycles. The summed E-state index contributed by atoms with van der Waals surface area (Å²) in [5.41, 5.74) is 2.00. The van der Waals surface area contributed by atoms with Crippen molar-refractivity contribution in [3.63, 3.8) is 0 Å². The first-order valence-corrected chi connectivity index (χ1v) is 7.84. The van der Waals surface area contributed by atoms with Gasteiger partial charge >= 0.3 is 0 Å². The molecule has 0 spiro atoms. The molecule has 3 N–H and O–H groups in total. The standard InChI is InChI=1S/C16H15N7O3/c1-17-16(25)14-9(5-6-18-21-14)19-10-3-2-4-11-15(10)26-8-13-20-12(7-24)22-23(11)13/h2-6,24H,7-8H2,1H3,(H,17,25)(H,18,19). The number of aliphatic hydroxyl groups excluding tert-OH is 1. The molecule has 0 saturated carbocycles. The zero-order chi connectivity index (χ0) is 18.1. The van der Waals surface area contributed by atoms with Gasteiger partial charge in [0.05, 0.1) is 17.6 Å². The molecule has 4 rings (SSSR count). The molecule has 0 radical (unpaired) electrons. The number of amides is 1. The van der Waals surface area contributed by atoms with Gasteiger partial charge in [-0.25, -0.2) is 9.67 Å². The van der Waals surface area contributed by atoms with Crippen molar-refractivity contribution in [3.8, 4) is 11.4 Å². The van der Waals surface area contributed by atoms with Crippen LogP contribution in [0.15, 0.2) is 30.5 Å². The van der Waals surface area contributed by atoms with Crippen molar-refractivity contribution < 1.29 is 14.6 Å². The summed E-state index contributed by atoms with van der Waals surface area (Å²) in [5.74, 6) is 1.15. The van der Waals surface area contributed by atoms with Gasteiger partial charge in [-0.2, -0.15) is 5.10 Å². The molecular weight excluding hydrogens is 338 g/mol. The quantitative estimate of drug-likeness (QED) is 0.620. The van der Waals surface area contributed by atoms with Crippen molar-refractivity contribution in [2.24, 2.45) is 0 Å². The lowest BCUT2D eigenvalue weighted by Gasteiger charge is -2.21. The van der Waals surface area contributed by atoms with Crippen LogP contribution >= 0.6 is 0 Å². The smallest absolute Gasteiger partial charge is 0.273 e. The lowest BCUT2D eigenvalue weighted by Crippen LogP contribution is -2.21. The van der Waals surface area contributed by atoms with E-state index in [0.717, 1.165) is 0 Å². The zero-order valence-electron chi connectivity index (χ0n) is 13.8. The summed E-state index contributed by atoms with van der Waals surface area (Å²) in [6, 6.07) is 7.14. The molecule has 3 aromatic rings. The number of ether oxygens (including phenoxy) is 1. The van der Waals surface area contributed by atoms with Crippen molar-refractivity contribution in [2.75, 3.05) is 12.4 Å². The van der Waals surface area contributed by atoms with Gasteiger partial charge in [0.25, 0.3) is 5.91 Å². The van der Waals surface area contributed by atoms with Crippen LogP contribution in [0.25, 0.3) is 5.69 Å². The lowest BCUT2D eigenvalue weighted by molar-refractivity contribution is 0.0958. The third kappa shape index (κ3) is 2.62. The summed E-state index contributed by atoms with van der Waals surface area (Å²) in [5, 5.41) is 26.9. The van der Waals surface area contributed by atoms with Gasteiger partial charge in [0.1, 0.15) is 18.9 Å². The summed E-state index contributed by atoms with van der Waals surface area (Å²) < 4.78 is 7.47. The molecule has 1 aliphatic rings. The highest BCUT2D eigenvalue weighted by Gasteiger charge is 2.24. The summed E-state index contributed by atoms with van der Waals surface area (Å²) in [6.07, 6.45) is 1.49. The summed E-state index contributed by atoms with van der Waals surface area (Å²) in [4.78, 5) is 16.2. The van der Waals surface area contributed by atoms with E-state index in [9.17, 15) is 9.90 Å². The third-order valence-corrected chi connectivity index (χ3v) is 3.86. The van der Waals surface area contributed by atoms with Crippen LogP contribution in [0.1, 0.15) is 22.1 Å². The summed E-state index contributed by atoms with van der Waals surface area (Å²) in [7, 11) is 1.53. The molecule has 0 unspecified atom stereocenters. The predicted octanol–water partition coefficient (Wildman–Crippen LogP) is 0.545. The largest absolute Gasteiger partial charge is 0.481 e. The van der Waals surface area contributed by atoms with Crippen LogP contribution in [0, 0.1) is 0 Å². The van der Waals surface area contributed by atoms with E-state index in [1.165, 1.54) is 13.2 Å². The Balaban J connectivity index is 1.75. The number of aromatic nitrogens is 5. The molecule has 1 amide bonds. The highest BCUT2D eigenvalue weighted by Crippen LogP contribution is 2.37. The Morgan fingerprint density at radius 3 is 3.04 bits per heavy atom. The first kappa shape index (κ1) is 16.0. The number of carbonyl (C=O) groups excluding carboxylic acids is 1. The minimum atomic E-state index is -0.350. The van der Waals surface area contributed by atoms with Crippen LogP contribution in [0.3, 0.4) is 0 Å². The van der Waals surface area contributed by atoms with Gasteiger partial charge in [0.2, 0.25) is 0 Å². The van der Waals surface area contributed by atoms with Gasteiger partial charge < -0.3 is 20.5 Å². The minimum Gasteiger partial charge on any atom is -0.481 e. The van der Waals surface area contributed by atoms with Crippen molar-refractivity contribution in [2.45, 2.75) is 13.2 Å². The number of hydrogen-bond acceptors (Lipinski definition) is 8. The van der Waals surface area contributed by atoms with Gasteiger partial charge in [0, 0.05) is 7.05 Å². The van der Waals surface area contributed by atoms with Gasteiger partial charge in [-0.15, -0.1) is 10.2 Å². The van der Waals surface area contributed by atoms with E-state index < -0.39 is 0 Å². The van der Waals surface area contributed by atoms with Crippen LogP contribution in [0.5, 0.6) is 5.75 Å². The summed E-state index contributed by atoms with van der Waals surface area (Å²) in [6.45, 7) is -0.0267. The predicted molar refractivity (Wildman–Crippen MR) is 90.3 cm³/mol. The molecule has 10 heteroatoms. The van der Waals surface area contributed by atoms with E-state index in [4.69, 9.17) is 4.74 Å². The number of nitrogens with one attached hydrogen (secondary N) is 2. The van der Waals surface area contributed by atoms with E-state index in [1.807, 2.05) is 18.2 Å². The SMILES string of the molecule is CNC(=O)c1nnccc1Nc1cccc2c1OCc1nc(CO)nn1-2. The normalized spacial score (nSPS) is 11.9. The number of para-hydroxylation sites is 1. The molecule has 0 bridgehead atoms. The van der Waals surface area contributed by atoms with Crippen molar-refractivity contribution >= 4 is 17.3 Å². The van der Waals surface area contributed by atoms with Gasteiger partial charge in [0.15, 0.2) is 23.1 Å². The molecule has 2 aromatic heterocycles. The second kappa shape index (κ2) is 6.41. The van der Waals surface area contributed by atoms with Crippen LogP contribution < -0.4 is 15.4 Å². The van der Waals surface area contributed by atoms with Crippen LogP contribution in [-0.4, -0.2) is 43.0 Å². The Labute approximate surface area is 147 Å². The molecular formula is C16H15N7O3. The third-order valence-electron chi connectivity index (χ3n) is 3.86. The van der Waals surface area contributed by atoms with E-state index in [2.05, 4.69) is 30.9 Å². The maximum atomic E-state index is 12.0.